The Bertz CT molecular complexity index is 675. The summed E-state index contributed by atoms with van der Waals surface area (Å²) in [6.45, 7) is 13.8. The molecule has 0 spiro atoms. The molecule has 0 bridgehead atoms. The second-order valence-electron chi connectivity index (χ2n) is 7.68. The van der Waals surface area contributed by atoms with Gasteiger partial charge in [-0.1, -0.05) is 60.3 Å². The second-order valence-corrected chi connectivity index (χ2v) is 9.23. The molecule has 0 aliphatic carbocycles. The number of hydrogen-bond acceptors (Lipinski definition) is 4. The Hall–Kier alpha value is -1.54. The first-order valence-electron chi connectivity index (χ1n) is 7.49. The van der Waals surface area contributed by atoms with Gasteiger partial charge in [-0.15, -0.1) is 0 Å². The van der Waals surface area contributed by atoms with Gasteiger partial charge < -0.3 is 4.74 Å². The number of halogens is 2. The Morgan fingerprint density at radius 1 is 1.08 bits per heavy atom. The SMILES string of the molecule is C=C(/C=C(\C=C\C(=O)OCC(F)(F)S(=O)(=O)O)C(C)(C)C)C(C)(C)C. The molecule has 144 valence electrons. The van der Waals surface area contributed by atoms with Crippen molar-refractivity contribution in [3.63, 3.8) is 0 Å². The van der Waals surface area contributed by atoms with Crippen molar-refractivity contribution in [2.75, 3.05) is 6.61 Å². The molecule has 0 aromatic carbocycles. The van der Waals surface area contributed by atoms with E-state index in [4.69, 9.17) is 4.55 Å². The normalized spacial score (nSPS) is 14.7. The van der Waals surface area contributed by atoms with Crippen LogP contribution in [0.5, 0.6) is 0 Å². The lowest BCUT2D eigenvalue weighted by Gasteiger charge is -2.25. The van der Waals surface area contributed by atoms with Crippen LogP contribution >= 0.6 is 0 Å². The number of hydrogen-bond donors (Lipinski definition) is 1. The molecule has 0 amide bonds. The molecule has 0 unspecified atom stereocenters. The lowest BCUT2D eigenvalue weighted by atomic mass is 9.80. The molecular weight excluding hydrogens is 354 g/mol. The predicted molar refractivity (Wildman–Crippen MR) is 92.7 cm³/mol. The Morgan fingerprint density at radius 3 is 1.92 bits per heavy atom. The highest BCUT2D eigenvalue weighted by Gasteiger charge is 2.45. The monoisotopic (exact) mass is 380 g/mol. The standard InChI is InChI=1S/C17H26F2O5S/c1-12(15(2,3)4)10-13(16(5,6)7)8-9-14(20)24-11-17(18,19)25(21,22)23/h8-10H,1,11H2,2-7H3,(H,21,22,23)/b9-8+,13-10+. The summed E-state index contributed by atoms with van der Waals surface area (Å²) in [4.78, 5) is 11.6. The van der Waals surface area contributed by atoms with E-state index >= 15 is 0 Å². The predicted octanol–water partition coefficient (Wildman–Crippen LogP) is 4.14. The van der Waals surface area contributed by atoms with Gasteiger partial charge in [0.1, 0.15) is 0 Å². The van der Waals surface area contributed by atoms with Crippen LogP contribution in [-0.2, 0) is 19.6 Å². The summed E-state index contributed by atoms with van der Waals surface area (Å²) in [7, 11) is -5.64. The van der Waals surface area contributed by atoms with E-state index in [1.165, 1.54) is 6.08 Å². The van der Waals surface area contributed by atoms with E-state index < -0.39 is 27.9 Å². The number of allylic oxidation sites excluding steroid dienone is 4. The molecule has 5 nitrogen and oxygen atoms in total. The zero-order chi connectivity index (χ0) is 20.3. The number of carbonyl (C=O) groups is 1. The van der Waals surface area contributed by atoms with Crippen molar-refractivity contribution in [2.24, 2.45) is 10.8 Å². The van der Waals surface area contributed by atoms with Crippen LogP contribution < -0.4 is 0 Å². The maximum absolute atomic E-state index is 13.0. The van der Waals surface area contributed by atoms with Crippen LogP contribution in [-0.4, -0.2) is 30.8 Å². The molecule has 0 aliphatic heterocycles. The average molecular weight is 380 g/mol. The van der Waals surface area contributed by atoms with Crippen molar-refractivity contribution in [1.29, 1.82) is 0 Å². The van der Waals surface area contributed by atoms with E-state index in [1.54, 1.807) is 6.08 Å². The largest absolute Gasteiger partial charge is 0.455 e. The van der Waals surface area contributed by atoms with Gasteiger partial charge in [0.15, 0.2) is 6.61 Å². The van der Waals surface area contributed by atoms with E-state index in [1.807, 2.05) is 41.5 Å². The first kappa shape index (κ1) is 23.5. The fourth-order valence-corrected chi connectivity index (χ4v) is 1.56. The van der Waals surface area contributed by atoms with Gasteiger partial charge in [0.25, 0.3) is 0 Å². The smallest absolute Gasteiger partial charge is 0.402 e. The van der Waals surface area contributed by atoms with Gasteiger partial charge in [-0.2, -0.15) is 17.2 Å². The molecule has 8 heteroatoms. The number of rotatable bonds is 6. The van der Waals surface area contributed by atoms with Gasteiger partial charge in [0.05, 0.1) is 0 Å². The van der Waals surface area contributed by atoms with Crippen LogP contribution in [0.4, 0.5) is 8.78 Å². The summed E-state index contributed by atoms with van der Waals surface area (Å²) in [6.07, 6.45) is 4.13. The van der Waals surface area contributed by atoms with E-state index in [0.717, 1.165) is 11.6 Å². The first-order chi connectivity index (χ1) is 10.9. The van der Waals surface area contributed by atoms with Crippen molar-refractivity contribution in [1.82, 2.24) is 0 Å². The number of esters is 1. The molecule has 0 radical (unpaired) electrons. The van der Waals surface area contributed by atoms with Gasteiger partial charge in [-0.05, 0) is 22.0 Å². The topological polar surface area (TPSA) is 80.7 Å². The molecule has 0 aliphatic rings. The zero-order valence-corrected chi connectivity index (χ0v) is 16.2. The minimum atomic E-state index is -5.64. The molecular formula is C17H26F2O5S. The highest BCUT2D eigenvalue weighted by Crippen LogP contribution is 2.32. The van der Waals surface area contributed by atoms with Gasteiger partial charge in [-0.3, -0.25) is 4.55 Å². The molecule has 25 heavy (non-hydrogen) atoms. The molecule has 0 rings (SSSR count). The average Bonchev–Trinajstić information content (AvgIpc) is 2.37. The van der Waals surface area contributed by atoms with Crippen molar-refractivity contribution in [3.8, 4) is 0 Å². The molecule has 0 aromatic heterocycles. The molecule has 0 heterocycles. The quantitative estimate of drug-likeness (QED) is 0.324. The minimum absolute atomic E-state index is 0.192. The van der Waals surface area contributed by atoms with Crippen molar-refractivity contribution >= 4 is 16.1 Å². The third kappa shape index (κ3) is 7.92. The maximum atomic E-state index is 13.0. The summed E-state index contributed by atoms with van der Waals surface area (Å²) >= 11 is 0. The van der Waals surface area contributed by atoms with Crippen LogP contribution in [0, 0.1) is 10.8 Å². The lowest BCUT2D eigenvalue weighted by molar-refractivity contribution is -0.143. The van der Waals surface area contributed by atoms with Crippen molar-refractivity contribution in [3.05, 3.63) is 36.0 Å². The Kier molecular flexibility index (Phi) is 7.30. The highest BCUT2D eigenvalue weighted by molar-refractivity contribution is 7.86. The summed E-state index contributed by atoms with van der Waals surface area (Å²) in [6, 6.07) is 0. The summed E-state index contributed by atoms with van der Waals surface area (Å²) in [5, 5.41) is -4.56. The fourth-order valence-electron chi connectivity index (χ4n) is 1.35. The van der Waals surface area contributed by atoms with Gasteiger partial charge in [-0.25, -0.2) is 4.79 Å². The first-order valence-corrected chi connectivity index (χ1v) is 8.93. The Morgan fingerprint density at radius 2 is 1.56 bits per heavy atom. The molecule has 1 N–H and O–H groups in total. The van der Waals surface area contributed by atoms with Crippen LogP contribution in [0.25, 0.3) is 0 Å². The van der Waals surface area contributed by atoms with Crippen LogP contribution in [0.1, 0.15) is 41.5 Å². The summed E-state index contributed by atoms with van der Waals surface area (Å²) < 4.78 is 59.5. The van der Waals surface area contributed by atoms with Crippen LogP contribution in [0.15, 0.2) is 36.0 Å². The van der Waals surface area contributed by atoms with E-state index in [2.05, 4.69) is 11.3 Å². The molecule has 0 saturated carbocycles. The number of carbonyl (C=O) groups excluding carboxylic acids is 1. The molecule has 0 saturated heterocycles. The van der Waals surface area contributed by atoms with Crippen molar-refractivity contribution < 1.29 is 31.3 Å². The number of alkyl halides is 2. The third-order valence-electron chi connectivity index (χ3n) is 3.32. The van der Waals surface area contributed by atoms with Gasteiger partial charge in [0.2, 0.25) is 0 Å². The van der Waals surface area contributed by atoms with Gasteiger partial charge in [0, 0.05) is 6.08 Å². The summed E-state index contributed by atoms with van der Waals surface area (Å²) in [5.41, 5.74) is 0.977. The minimum Gasteiger partial charge on any atom is -0.455 e. The molecule has 0 aromatic rings. The zero-order valence-electron chi connectivity index (χ0n) is 15.4. The van der Waals surface area contributed by atoms with E-state index in [9.17, 15) is 22.0 Å². The maximum Gasteiger partial charge on any atom is 0.402 e. The molecule has 0 atom stereocenters. The number of ether oxygens (including phenoxy) is 1. The lowest BCUT2D eigenvalue weighted by Crippen LogP contribution is -2.34. The fraction of sp³-hybridized carbons (Fsp3) is 0.588. The van der Waals surface area contributed by atoms with Crippen LogP contribution in [0.3, 0.4) is 0 Å². The Labute approximate surface area is 148 Å². The highest BCUT2D eigenvalue weighted by atomic mass is 32.2. The van der Waals surface area contributed by atoms with Gasteiger partial charge >= 0.3 is 21.3 Å². The van der Waals surface area contributed by atoms with E-state index in [0.29, 0.717) is 5.57 Å². The van der Waals surface area contributed by atoms with E-state index in [-0.39, 0.29) is 10.8 Å². The third-order valence-corrected chi connectivity index (χ3v) is 4.19. The second kappa shape index (κ2) is 7.78. The van der Waals surface area contributed by atoms with Crippen LogP contribution in [0.2, 0.25) is 0 Å². The molecule has 0 fully saturated rings. The summed E-state index contributed by atoms with van der Waals surface area (Å²) in [5.74, 6) is -1.15. The Balaban J connectivity index is 5.25. The van der Waals surface area contributed by atoms with Crippen molar-refractivity contribution in [2.45, 2.75) is 46.8 Å².